The van der Waals surface area contributed by atoms with Gasteiger partial charge in [-0.25, -0.2) is 14.2 Å². The van der Waals surface area contributed by atoms with Crippen molar-refractivity contribution in [2.45, 2.75) is 46.1 Å². The van der Waals surface area contributed by atoms with E-state index < -0.39 is 11.4 Å². The first kappa shape index (κ1) is 18.4. The van der Waals surface area contributed by atoms with E-state index in [1.807, 2.05) is 34.6 Å². The molecule has 27 heavy (non-hydrogen) atoms. The highest BCUT2D eigenvalue weighted by Gasteiger charge is 2.59. The van der Waals surface area contributed by atoms with Crippen molar-refractivity contribution in [3.8, 4) is 0 Å². The molecule has 4 rings (SSSR count). The number of piperidine rings is 1. The minimum Gasteiger partial charge on any atom is -0.444 e. The highest BCUT2D eigenvalue weighted by molar-refractivity contribution is 6.30. The SMILES string of the molecule is Cc1nc(C2C3CN(C(=O)OC(C)(C)C)CC32)c2cnc(Cl)c(F)c2c1C. The smallest absolute Gasteiger partial charge is 0.410 e. The normalized spacial score (nSPS) is 24.3. The highest BCUT2D eigenvalue weighted by atomic mass is 35.5. The lowest BCUT2D eigenvalue weighted by Crippen LogP contribution is -2.37. The van der Waals surface area contributed by atoms with Gasteiger partial charge in [-0.3, -0.25) is 4.98 Å². The molecule has 1 saturated heterocycles. The lowest BCUT2D eigenvalue weighted by atomic mass is 10.0. The Hall–Kier alpha value is -1.95. The minimum atomic E-state index is -0.502. The number of carbonyl (C=O) groups is 1. The monoisotopic (exact) mass is 391 g/mol. The lowest BCUT2D eigenvalue weighted by molar-refractivity contribution is 0.0271. The van der Waals surface area contributed by atoms with E-state index in [4.69, 9.17) is 21.3 Å². The van der Waals surface area contributed by atoms with Crippen molar-refractivity contribution >= 4 is 28.5 Å². The van der Waals surface area contributed by atoms with Crippen LogP contribution in [0.3, 0.4) is 0 Å². The van der Waals surface area contributed by atoms with E-state index in [2.05, 4.69) is 4.98 Å². The first-order valence-corrected chi connectivity index (χ1v) is 9.55. The molecule has 2 aliphatic rings. The summed E-state index contributed by atoms with van der Waals surface area (Å²) in [5.74, 6) is 0.385. The van der Waals surface area contributed by atoms with Crippen molar-refractivity contribution in [1.29, 1.82) is 0 Å². The predicted molar refractivity (Wildman–Crippen MR) is 102 cm³/mol. The fourth-order valence-corrected chi connectivity index (χ4v) is 4.34. The number of amides is 1. The molecule has 2 atom stereocenters. The van der Waals surface area contributed by atoms with Crippen molar-refractivity contribution in [3.63, 3.8) is 0 Å². The van der Waals surface area contributed by atoms with Gasteiger partial charge in [-0.05, 0) is 52.0 Å². The highest BCUT2D eigenvalue weighted by Crippen LogP contribution is 2.59. The van der Waals surface area contributed by atoms with Crippen molar-refractivity contribution < 1.29 is 13.9 Å². The molecule has 1 amide bonds. The van der Waals surface area contributed by atoms with E-state index in [1.54, 1.807) is 11.1 Å². The maximum atomic E-state index is 14.6. The zero-order valence-corrected chi connectivity index (χ0v) is 16.9. The topological polar surface area (TPSA) is 55.3 Å². The number of carbonyl (C=O) groups excluding carboxylic acids is 1. The molecule has 0 bridgehead atoms. The number of ether oxygens (including phenoxy) is 1. The van der Waals surface area contributed by atoms with Crippen LogP contribution in [-0.2, 0) is 4.74 Å². The Balaban J connectivity index is 1.61. The molecule has 0 radical (unpaired) electrons. The number of likely N-dealkylation sites (tertiary alicyclic amines) is 1. The Labute approximate surface area is 162 Å². The Bertz CT molecular complexity index is 936. The van der Waals surface area contributed by atoms with Crippen LogP contribution in [0.15, 0.2) is 6.20 Å². The van der Waals surface area contributed by atoms with E-state index in [0.29, 0.717) is 30.3 Å². The molecule has 1 aliphatic heterocycles. The van der Waals surface area contributed by atoms with Gasteiger partial charge < -0.3 is 9.64 Å². The quantitative estimate of drug-likeness (QED) is 0.665. The number of halogens is 2. The Morgan fingerprint density at radius 2 is 1.93 bits per heavy atom. The van der Waals surface area contributed by atoms with E-state index in [-0.39, 0.29) is 17.2 Å². The molecule has 5 nitrogen and oxygen atoms in total. The maximum absolute atomic E-state index is 14.6. The largest absolute Gasteiger partial charge is 0.444 e. The van der Waals surface area contributed by atoms with Crippen LogP contribution in [0.5, 0.6) is 0 Å². The van der Waals surface area contributed by atoms with E-state index in [1.165, 1.54) is 0 Å². The van der Waals surface area contributed by atoms with Crippen LogP contribution in [0, 0.1) is 31.5 Å². The van der Waals surface area contributed by atoms with Crippen LogP contribution in [0.4, 0.5) is 9.18 Å². The van der Waals surface area contributed by atoms with Gasteiger partial charge in [0.2, 0.25) is 0 Å². The Kier molecular flexibility index (Phi) is 4.11. The van der Waals surface area contributed by atoms with Gasteiger partial charge in [-0.1, -0.05) is 11.6 Å². The van der Waals surface area contributed by atoms with Gasteiger partial charge in [-0.2, -0.15) is 0 Å². The molecule has 2 aromatic rings. The summed E-state index contributed by atoms with van der Waals surface area (Å²) < 4.78 is 20.1. The van der Waals surface area contributed by atoms with Crippen LogP contribution in [-0.4, -0.2) is 39.7 Å². The van der Waals surface area contributed by atoms with Gasteiger partial charge in [-0.15, -0.1) is 0 Å². The van der Waals surface area contributed by atoms with Crippen LogP contribution >= 0.6 is 11.6 Å². The molecule has 1 aliphatic carbocycles. The van der Waals surface area contributed by atoms with Crippen molar-refractivity contribution in [1.82, 2.24) is 14.9 Å². The summed E-state index contributed by atoms with van der Waals surface area (Å²) in [6, 6.07) is 0. The van der Waals surface area contributed by atoms with Gasteiger partial charge >= 0.3 is 6.09 Å². The van der Waals surface area contributed by atoms with Gasteiger partial charge in [0.05, 0.1) is 5.69 Å². The van der Waals surface area contributed by atoms with E-state index in [0.717, 1.165) is 22.3 Å². The van der Waals surface area contributed by atoms with Gasteiger partial charge in [0.25, 0.3) is 0 Å². The van der Waals surface area contributed by atoms with Crippen LogP contribution < -0.4 is 0 Å². The molecule has 7 heteroatoms. The first-order valence-electron chi connectivity index (χ1n) is 9.17. The summed E-state index contributed by atoms with van der Waals surface area (Å²) in [6.07, 6.45) is 1.35. The second-order valence-electron chi connectivity index (χ2n) is 8.60. The lowest BCUT2D eigenvalue weighted by Gasteiger charge is -2.26. The first-order chi connectivity index (χ1) is 12.6. The summed E-state index contributed by atoms with van der Waals surface area (Å²) in [5, 5.41) is 1.11. The molecule has 144 valence electrons. The van der Waals surface area contributed by atoms with Gasteiger partial charge in [0.15, 0.2) is 11.0 Å². The number of hydrogen-bond acceptors (Lipinski definition) is 4. The third-order valence-electron chi connectivity index (χ3n) is 5.62. The predicted octanol–water partition coefficient (Wildman–Crippen LogP) is 4.62. The molecular weight excluding hydrogens is 369 g/mol. The second-order valence-corrected chi connectivity index (χ2v) is 8.96. The second kappa shape index (κ2) is 6.03. The van der Waals surface area contributed by atoms with Crippen LogP contribution in [0.25, 0.3) is 10.8 Å². The molecule has 3 heterocycles. The van der Waals surface area contributed by atoms with Crippen molar-refractivity contribution in [2.75, 3.05) is 13.1 Å². The van der Waals surface area contributed by atoms with E-state index in [9.17, 15) is 9.18 Å². The minimum absolute atomic E-state index is 0.116. The fraction of sp³-hybridized carbons (Fsp3) is 0.550. The van der Waals surface area contributed by atoms with Gasteiger partial charge in [0.1, 0.15) is 5.60 Å². The Morgan fingerprint density at radius 1 is 1.30 bits per heavy atom. The molecule has 2 aromatic heterocycles. The van der Waals surface area contributed by atoms with Crippen LogP contribution in [0.1, 0.15) is 43.6 Å². The summed E-state index contributed by atoms with van der Waals surface area (Å²) in [7, 11) is 0. The average Bonchev–Trinajstić information content (AvgIpc) is 3.04. The summed E-state index contributed by atoms with van der Waals surface area (Å²) in [5.41, 5.74) is 1.96. The molecule has 1 saturated carbocycles. The summed E-state index contributed by atoms with van der Waals surface area (Å²) in [4.78, 5) is 22.8. The summed E-state index contributed by atoms with van der Waals surface area (Å²) >= 11 is 5.90. The van der Waals surface area contributed by atoms with Crippen molar-refractivity contribution in [2.24, 2.45) is 11.8 Å². The standard InChI is InChI=1S/C20H23ClFN3O2/c1-9-10(2)24-17(11-6-23-18(21)16(22)14(9)11)15-12-7-25(8-13(12)15)19(26)27-20(3,4)5/h6,12-13,15H,7-8H2,1-5H3. The van der Waals surface area contributed by atoms with Crippen LogP contribution in [0.2, 0.25) is 5.15 Å². The maximum Gasteiger partial charge on any atom is 0.410 e. The summed E-state index contributed by atoms with van der Waals surface area (Å²) in [6.45, 7) is 10.6. The molecule has 0 spiro atoms. The number of fused-ring (bicyclic) bond motifs is 2. The average molecular weight is 392 g/mol. The molecule has 2 fully saturated rings. The molecule has 0 N–H and O–H groups in total. The van der Waals surface area contributed by atoms with Gasteiger partial charge in [0, 0.05) is 41.7 Å². The number of rotatable bonds is 1. The third-order valence-corrected chi connectivity index (χ3v) is 5.88. The zero-order valence-electron chi connectivity index (χ0n) is 16.1. The number of aryl methyl sites for hydroxylation is 2. The number of pyridine rings is 2. The Morgan fingerprint density at radius 3 is 2.52 bits per heavy atom. The molecule has 0 aromatic carbocycles. The molecule has 2 unspecified atom stereocenters. The fourth-order valence-electron chi connectivity index (χ4n) is 4.19. The number of nitrogens with zero attached hydrogens (tertiary/aromatic N) is 3. The number of aromatic nitrogens is 2. The van der Waals surface area contributed by atoms with E-state index >= 15 is 0 Å². The number of hydrogen-bond donors (Lipinski definition) is 0. The van der Waals surface area contributed by atoms with Crippen molar-refractivity contribution in [3.05, 3.63) is 34.1 Å². The molecular formula is C20H23ClFN3O2. The zero-order chi connectivity index (χ0) is 19.7. The third kappa shape index (κ3) is 3.04.